The predicted molar refractivity (Wildman–Crippen MR) is 110 cm³/mol. The summed E-state index contributed by atoms with van der Waals surface area (Å²) < 4.78 is 27.4. The lowest BCUT2D eigenvalue weighted by molar-refractivity contribution is 0.0940. The van der Waals surface area contributed by atoms with Crippen LogP contribution in [-0.4, -0.2) is 56.8 Å². The Morgan fingerprint density at radius 2 is 1.71 bits per heavy atom. The predicted octanol–water partition coefficient (Wildman–Crippen LogP) is 2.77. The van der Waals surface area contributed by atoms with Gasteiger partial charge >= 0.3 is 0 Å². The van der Waals surface area contributed by atoms with Crippen molar-refractivity contribution in [3.05, 3.63) is 64.7 Å². The second-order valence-electron chi connectivity index (χ2n) is 6.95. The lowest BCUT2D eigenvalue weighted by atomic mass is 10.1. The van der Waals surface area contributed by atoms with E-state index in [9.17, 15) is 13.2 Å². The van der Waals surface area contributed by atoms with Crippen LogP contribution in [0.1, 0.15) is 28.9 Å². The van der Waals surface area contributed by atoms with E-state index in [2.05, 4.69) is 10.2 Å². The van der Waals surface area contributed by atoms with Crippen molar-refractivity contribution in [3.63, 3.8) is 0 Å². The number of amides is 1. The van der Waals surface area contributed by atoms with E-state index >= 15 is 0 Å². The minimum atomic E-state index is -3.67. The molecule has 1 saturated heterocycles. The van der Waals surface area contributed by atoms with Crippen molar-refractivity contribution in [2.24, 2.45) is 0 Å². The van der Waals surface area contributed by atoms with Gasteiger partial charge in [-0.05, 0) is 37.7 Å². The van der Waals surface area contributed by atoms with Crippen molar-refractivity contribution in [2.45, 2.75) is 17.9 Å². The Kier molecular flexibility index (Phi) is 6.40. The van der Waals surface area contributed by atoms with Gasteiger partial charge in [0.1, 0.15) is 0 Å². The molecule has 0 spiro atoms. The number of benzene rings is 2. The smallest absolute Gasteiger partial charge is 0.253 e. The molecule has 1 fully saturated rings. The SMILES string of the molecule is C[C@@H](NC(=O)c1cc(S(=O)(=O)N2CCN(C)CC2)ccc1Cl)c1ccccc1. The number of carbonyl (C=O) groups is 1. The van der Waals surface area contributed by atoms with Gasteiger partial charge in [0.15, 0.2) is 0 Å². The zero-order valence-electron chi connectivity index (χ0n) is 15.9. The average molecular weight is 422 g/mol. The molecule has 6 nitrogen and oxygen atoms in total. The number of likely N-dealkylation sites (N-methyl/N-ethyl adjacent to an activating group) is 1. The van der Waals surface area contributed by atoms with Crippen LogP contribution in [0.3, 0.4) is 0 Å². The molecule has 0 radical (unpaired) electrons. The summed E-state index contributed by atoms with van der Waals surface area (Å²) in [6.45, 7) is 4.07. The molecule has 8 heteroatoms. The van der Waals surface area contributed by atoms with Gasteiger partial charge in [0.2, 0.25) is 10.0 Å². The maximum Gasteiger partial charge on any atom is 0.253 e. The fraction of sp³-hybridized carbons (Fsp3) is 0.350. The lowest BCUT2D eigenvalue weighted by Crippen LogP contribution is -2.47. The molecule has 2 aromatic carbocycles. The number of piperazine rings is 1. The van der Waals surface area contributed by atoms with Crippen molar-refractivity contribution >= 4 is 27.5 Å². The van der Waals surface area contributed by atoms with Crippen LogP contribution in [0, 0.1) is 0 Å². The van der Waals surface area contributed by atoms with Gasteiger partial charge < -0.3 is 10.2 Å². The molecule has 0 aromatic heterocycles. The standard InChI is InChI=1S/C20H24ClN3O3S/c1-15(16-6-4-3-5-7-16)22-20(25)18-14-17(8-9-19(18)21)28(26,27)24-12-10-23(2)11-13-24/h3-9,14-15H,10-13H2,1-2H3,(H,22,25)/t15-/m1/s1. The molecule has 0 saturated carbocycles. The van der Waals surface area contributed by atoms with Gasteiger partial charge in [-0.1, -0.05) is 41.9 Å². The van der Waals surface area contributed by atoms with E-state index < -0.39 is 15.9 Å². The molecule has 3 rings (SSSR count). The number of hydrogen-bond donors (Lipinski definition) is 1. The van der Waals surface area contributed by atoms with Crippen molar-refractivity contribution in [2.75, 3.05) is 33.2 Å². The number of hydrogen-bond acceptors (Lipinski definition) is 4. The average Bonchev–Trinajstić information content (AvgIpc) is 2.69. The maximum atomic E-state index is 13.0. The van der Waals surface area contributed by atoms with E-state index in [0.717, 1.165) is 5.56 Å². The molecular formula is C20H24ClN3O3S. The number of nitrogens with zero attached hydrogens (tertiary/aromatic N) is 2. The molecule has 0 aliphatic carbocycles. The normalized spacial score (nSPS) is 17.2. The molecule has 150 valence electrons. The molecule has 2 aromatic rings. The topological polar surface area (TPSA) is 69.7 Å². The van der Waals surface area contributed by atoms with Crippen LogP contribution in [0.25, 0.3) is 0 Å². The molecule has 1 aliphatic rings. The number of sulfonamides is 1. The van der Waals surface area contributed by atoms with Crippen molar-refractivity contribution in [1.82, 2.24) is 14.5 Å². The Bertz CT molecular complexity index is 942. The summed E-state index contributed by atoms with van der Waals surface area (Å²) in [5.41, 5.74) is 1.10. The van der Waals surface area contributed by atoms with Crippen LogP contribution in [0.15, 0.2) is 53.4 Å². The third kappa shape index (κ3) is 4.55. The van der Waals surface area contributed by atoms with Gasteiger partial charge in [0, 0.05) is 26.2 Å². The summed E-state index contributed by atoms with van der Waals surface area (Å²) in [6, 6.07) is 13.6. The van der Waals surface area contributed by atoms with Crippen molar-refractivity contribution < 1.29 is 13.2 Å². The number of halogens is 1. The van der Waals surface area contributed by atoms with E-state index in [1.807, 2.05) is 44.3 Å². The Morgan fingerprint density at radius 3 is 2.36 bits per heavy atom. The van der Waals surface area contributed by atoms with Gasteiger partial charge in [-0.15, -0.1) is 0 Å². The highest BCUT2D eigenvalue weighted by atomic mass is 35.5. The number of rotatable bonds is 5. The largest absolute Gasteiger partial charge is 0.345 e. The molecule has 1 N–H and O–H groups in total. The minimum Gasteiger partial charge on any atom is -0.345 e. The zero-order valence-corrected chi connectivity index (χ0v) is 17.5. The van der Waals surface area contributed by atoms with Gasteiger partial charge in [-0.3, -0.25) is 4.79 Å². The molecule has 1 heterocycles. The Morgan fingerprint density at radius 1 is 1.07 bits per heavy atom. The first-order valence-corrected chi connectivity index (χ1v) is 10.9. The summed E-state index contributed by atoms with van der Waals surface area (Å²) in [5, 5.41) is 3.10. The van der Waals surface area contributed by atoms with Crippen LogP contribution < -0.4 is 5.32 Å². The molecule has 0 bridgehead atoms. The van der Waals surface area contributed by atoms with Crippen LogP contribution in [-0.2, 0) is 10.0 Å². The summed E-state index contributed by atoms with van der Waals surface area (Å²) >= 11 is 6.20. The van der Waals surface area contributed by atoms with Crippen molar-refractivity contribution in [3.8, 4) is 0 Å². The van der Waals surface area contributed by atoms with E-state index in [0.29, 0.717) is 26.2 Å². The Labute approximate surface area is 171 Å². The second-order valence-corrected chi connectivity index (χ2v) is 9.30. The minimum absolute atomic E-state index is 0.0824. The van der Waals surface area contributed by atoms with E-state index in [1.165, 1.54) is 22.5 Å². The third-order valence-corrected chi connectivity index (χ3v) is 7.15. The zero-order chi connectivity index (χ0) is 20.3. The molecule has 1 amide bonds. The first kappa shape index (κ1) is 20.8. The molecular weight excluding hydrogens is 398 g/mol. The number of carbonyl (C=O) groups excluding carboxylic acids is 1. The summed E-state index contributed by atoms with van der Waals surface area (Å²) in [4.78, 5) is 14.9. The molecule has 1 aliphatic heterocycles. The first-order valence-electron chi connectivity index (χ1n) is 9.13. The van der Waals surface area contributed by atoms with Gasteiger partial charge in [0.25, 0.3) is 5.91 Å². The van der Waals surface area contributed by atoms with E-state index in [-0.39, 0.29) is 21.5 Å². The Hall–Kier alpha value is -1.93. The van der Waals surface area contributed by atoms with Crippen LogP contribution in [0.4, 0.5) is 0 Å². The highest BCUT2D eigenvalue weighted by Crippen LogP contribution is 2.24. The monoisotopic (exact) mass is 421 g/mol. The highest BCUT2D eigenvalue weighted by molar-refractivity contribution is 7.89. The van der Waals surface area contributed by atoms with Gasteiger partial charge in [-0.25, -0.2) is 8.42 Å². The fourth-order valence-electron chi connectivity index (χ4n) is 3.12. The second kappa shape index (κ2) is 8.61. The quantitative estimate of drug-likeness (QED) is 0.805. The summed E-state index contributed by atoms with van der Waals surface area (Å²) in [5.74, 6) is -0.406. The van der Waals surface area contributed by atoms with E-state index in [1.54, 1.807) is 0 Å². The molecule has 0 unspecified atom stereocenters. The Balaban J connectivity index is 1.82. The van der Waals surface area contributed by atoms with Crippen molar-refractivity contribution in [1.29, 1.82) is 0 Å². The molecule has 28 heavy (non-hydrogen) atoms. The van der Waals surface area contributed by atoms with E-state index in [4.69, 9.17) is 11.6 Å². The van der Waals surface area contributed by atoms with Gasteiger partial charge in [0.05, 0.1) is 21.5 Å². The summed E-state index contributed by atoms with van der Waals surface area (Å²) in [7, 11) is -1.71. The van der Waals surface area contributed by atoms with Crippen LogP contribution in [0.5, 0.6) is 0 Å². The lowest BCUT2D eigenvalue weighted by Gasteiger charge is -2.31. The highest BCUT2D eigenvalue weighted by Gasteiger charge is 2.28. The van der Waals surface area contributed by atoms with Crippen LogP contribution >= 0.6 is 11.6 Å². The van der Waals surface area contributed by atoms with Crippen LogP contribution in [0.2, 0.25) is 5.02 Å². The third-order valence-electron chi connectivity index (χ3n) is 4.93. The fourth-order valence-corrected chi connectivity index (χ4v) is 4.77. The number of nitrogens with one attached hydrogen (secondary N) is 1. The van der Waals surface area contributed by atoms with Gasteiger partial charge in [-0.2, -0.15) is 4.31 Å². The first-order chi connectivity index (χ1) is 13.3. The maximum absolute atomic E-state index is 13.0. The molecule has 1 atom stereocenters. The summed E-state index contributed by atoms with van der Waals surface area (Å²) in [6.07, 6.45) is 0.